The average Bonchev–Trinajstić information content (AvgIpc) is 2.78. The highest BCUT2D eigenvalue weighted by atomic mass is 16.6. The second-order valence-corrected chi connectivity index (χ2v) is 4.92. The van der Waals surface area contributed by atoms with Crippen LogP contribution in [0.25, 0.3) is 0 Å². The van der Waals surface area contributed by atoms with E-state index >= 15 is 0 Å². The molecule has 1 saturated heterocycles. The molecule has 0 saturated carbocycles. The zero-order chi connectivity index (χ0) is 14.3. The predicted molar refractivity (Wildman–Crippen MR) is 69.4 cm³/mol. The zero-order valence-corrected chi connectivity index (χ0v) is 11.2. The minimum absolute atomic E-state index is 0.183. The lowest BCUT2D eigenvalue weighted by atomic mass is 10.0. The van der Waals surface area contributed by atoms with Crippen molar-refractivity contribution >= 4 is 11.8 Å². The highest BCUT2D eigenvalue weighted by Gasteiger charge is 2.33. The zero-order valence-electron chi connectivity index (χ0n) is 11.2. The number of rotatable bonds is 8. The van der Waals surface area contributed by atoms with Crippen molar-refractivity contribution in [1.82, 2.24) is 0 Å². The molecule has 0 unspecified atom stereocenters. The van der Waals surface area contributed by atoms with E-state index in [0.29, 0.717) is 19.3 Å². The molecule has 1 rings (SSSR count). The first kappa shape index (κ1) is 15.9. The largest absolute Gasteiger partial charge is 0.459 e. The van der Waals surface area contributed by atoms with E-state index in [1.54, 1.807) is 13.0 Å². The molecule has 1 aliphatic heterocycles. The van der Waals surface area contributed by atoms with Crippen molar-refractivity contribution in [3.8, 4) is 0 Å². The van der Waals surface area contributed by atoms with E-state index in [9.17, 15) is 19.8 Å². The maximum absolute atomic E-state index is 10.9. The number of carbonyl (C=O) groups excluding carboxylic acids is 2. The first-order chi connectivity index (χ1) is 9.00. The summed E-state index contributed by atoms with van der Waals surface area (Å²) >= 11 is 0. The summed E-state index contributed by atoms with van der Waals surface area (Å²) in [7, 11) is 0. The van der Waals surface area contributed by atoms with Gasteiger partial charge >= 0.3 is 5.97 Å². The van der Waals surface area contributed by atoms with Crippen LogP contribution in [-0.4, -0.2) is 40.3 Å². The van der Waals surface area contributed by atoms with Gasteiger partial charge in [-0.25, -0.2) is 0 Å². The maximum Gasteiger partial charge on any atom is 0.306 e. The number of allylic oxidation sites excluding steroid dienone is 1. The van der Waals surface area contributed by atoms with Gasteiger partial charge in [0, 0.05) is 12.8 Å². The van der Waals surface area contributed by atoms with Gasteiger partial charge in [-0.15, -0.1) is 0 Å². The van der Waals surface area contributed by atoms with E-state index in [1.807, 2.05) is 0 Å². The second-order valence-electron chi connectivity index (χ2n) is 4.92. The van der Waals surface area contributed by atoms with E-state index in [4.69, 9.17) is 4.74 Å². The number of cyclic esters (lactones) is 1. The Morgan fingerprint density at radius 3 is 2.79 bits per heavy atom. The van der Waals surface area contributed by atoms with Crippen molar-refractivity contribution in [3.63, 3.8) is 0 Å². The molecule has 0 aromatic carbocycles. The van der Waals surface area contributed by atoms with Crippen molar-refractivity contribution in [2.75, 3.05) is 0 Å². The van der Waals surface area contributed by atoms with Crippen LogP contribution in [0.3, 0.4) is 0 Å². The van der Waals surface area contributed by atoms with E-state index < -0.39 is 18.3 Å². The van der Waals surface area contributed by atoms with Gasteiger partial charge < -0.3 is 19.7 Å². The molecule has 0 radical (unpaired) electrons. The van der Waals surface area contributed by atoms with Gasteiger partial charge in [-0.05, 0) is 32.6 Å². The maximum atomic E-state index is 10.9. The summed E-state index contributed by atoms with van der Waals surface area (Å²) in [5.74, 6) is -0.146. The lowest BCUT2D eigenvalue weighted by molar-refractivity contribution is -0.147. The topological polar surface area (TPSA) is 83.8 Å². The van der Waals surface area contributed by atoms with Crippen LogP contribution in [0, 0.1) is 0 Å². The van der Waals surface area contributed by atoms with Gasteiger partial charge in [-0.1, -0.05) is 12.2 Å². The summed E-state index contributed by atoms with van der Waals surface area (Å²) in [6.07, 6.45) is 4.38. The van der Waals surface area contributed by atoms with Crippen LogP contribution in [0.2, 0.25) is 0 Å². The molecule has 1 aliphatic rings. The van der Waals surface area contributed by atoms with E-state index in [1.165, 1.54) is 6.08 Å². The Morgan fingerprint density at radius 1 is 1.47 bits per heavy atom. The average molecular weight is 270 g/mol. The smallest absolute Gasteiger partial charge is 0.306 e. The molecule has 1 fully saturated rings. The Balaban J connectivity index is 2.20. The summed E-state index contributed by atoms with van der Waals surface area (Å²) in [6, 6.07) is 0. The monoisotopic (exact) mass is 270 g/mol. The molecule has 0 aromatic rings. The summed E-state index contributed by atoms with van der Waals surface area (Å²) in [4.78, 5) is 21.6. The third-order valence-corrected chi connectivity index (χ3v) is 3.13. The van der Waals surface area contributed by atoms with Gasteiger partial charge in [0.15, 0.2) is 0 Å². The van der Waals surface area contributed by atoms with E-state index in [2.05, 4.69) is 0 Å². The number of aliphatic hydroxyl groups is 2. The summed E-state index contributed by atoms with van der Waals surface area (Å²) in [5, 5.41) is 19.5. The van der Waals surface area contributed by atoms with Crippen LogP contribution in [-0.2, 0) is 14.3 Å². The van der Waals surface area contributed by atoms with Crippen molar-refractivity contribution in [2.45, 2.75) is 63.8 Å². The third kappa shape index (κ3) is 5.98. The molecule has 2 N–H and O–H groups in total. The number of ether oxygens (including phenoxy) is 1. The Morgan fingerprint density at radius 2 is 2.21 bits per heavy atom. The molecule has 5 heteroatoms. The summed E-state index contributed by atoms with van der Waals surface area (Å²) in [6.45, 7) is 1.57. The van der Waals surface area contributed by atoms with Gasteiger partial charge in [-0.2, -0.15) is 0 Å². The Hall–Kier alpha value is -1.20. The second kappa shape index (κ2) is 8.07. The van der Waals surface area contributed by atoms with Crippen LogP contribution in [0.1, 0.15) is 45.4 Å². The van der Waals surface area contributed by atoms with Crippen molar-refractivity contribution in [2.24, 2.45) is 0 Å². The first-order valence-corrected chi connectivity index (χ1v) is 6.72. The normalized spacial score (nSPS) is 22.5. The van der Waals surface area contributed by atoms with Gasteiger partial charge in [0.2, 0.25) is 0 Å². The molecule has 19 heavy (non-hydrogen) atoms. The highest BCUT2D eigenvalue weighted by molar-refractivity contribution is 5.75. The van der Waals surface area contributed by atoms with Crippen molar-refractivity contribution in [1.29, 1.82) is 0 Å². The quantitative estimate of drug-likeness (QED) is 0.392. The number of unbranched alkanes of at least 4 members (excludes halogenated alkanes) is 2. The summed E-state index contributed by atoms with van der Waals surface area (Å²) in [5.41, 5.74) is 0. The number of esters is 1. The van der Waals surface area contributed by atoms with Crippen molar-refractivity contribution < 1.29 is 24.5 Å². The molecule has 0 aliphatic carbocycles. The molecule has 0 spiro atoms. The number of carbonyl (C=O) groups is 2. The molecule has 0 aromatic heterocycles. The molecule has 3 atom stereocenters. The fraction of sp³-hybridized carbons (Fsp3) is 0.714. The van der Waals surface area contributed by atoms with Crippen LogP contribution < -0.4 is 0 Å². The van der Waals surface area contributed by atoms with E-state index in [0.717, 1.165) is 19.3 Å². The fourth-order valence-corrected chi connectivity index (χ4v) is 1.99. The molecule has 0 bridgehead atoms. The number of aliphatic hydroxyl groups excluding tert-OH is 2. The number of hydrogen-bond acceptors (Lipinski definition) is 5. The third-order valence-electron chi connectivity index (χ3n) is 3.13. The fourth-order valence-electron chi connectivity index (χ4n) is 1.99. The van der Waals surface area contributed by atoms with Crippen molar-refractivity contribution in [3.05, 3.63) is 12.2 Å². The van der Waals surface area contributed by atoms with Gasteiger partial charge in [0.1, 0.15) is 24.1 Å². The standard InChI is InChI=1S/C14H22O5/c1-10(15)6-4-2-3-5-7-11(16)14(18)12-8-9-13(17)19-12/h5,7,11-12,14,16,18H,2-4,6,8-9H2,1H3/b7-5-/t11-,12+,14-/m1/s1. The number of ketones is 1. The van der Waals surface area contributed by atoms with Gasteiger partial charge in [0.25, 0.3) is 0 Å². The minimum atomic E-state index is -1.07. The number of hydrogen-bond donors (Lipinski definition) is 2. The van der Waals surface area contributed by atoms with Gasteiger partial charge in [-0.3, -0.25) is 4.79 Å². The Bertz CT molecular complexity index is 337. The molecular formula is C14H22O5. The van der Waals surface area contributed by atoms with Crippen LogP contribution in [0.4, 0.5) is 0 Å². The van der Waals surface area contributed by atoms with Gasteiger partial charge in [0.05, 0.1) is 0 Å². The molecule has 108 valence electrons. The van der Waals surface area contributed by atoms with E-state index in [-0.39, 0.29) is 11.8 Å². The summed E-state index contributed by atoms with van der Waals surface area (Å²) < 4.78 is 4.90. The SMILES string of the molecule is CC(=O)CCCC/C=C\[C@@H](O)[C@@H](O)[C@@H]1CCC(=O)O1. The predicted octanol–water partition coefficient (Wildman–Crippen LogP) is 1.12. The van der Waals surface area contributed by atoms with Crippen LogP contribution >= 0.6 is 0 Å². The Labute approximate surface area is 113 Å². The lowest BCUT2D eigenvalue weighted by Gasteiger charge is -2.19. The number of Topliss-reactive ketones (excluding diaryl/α,β-unsaturated/α-hetero) is 1. The van der Waals surface area contributed by atoms with Crippen LogP contribution in [0.5, 0.6) is 0 Å². The van der Waals surface area contributed by atoms with Crippen LogP contribution in [0.15, 0.2) is 12.2 Å². The first-order valence-electron chi connectivity index (χ1n) is 6.72. The molecule has 0 amide bonds. The molecular weight excluding hydrogens is 248 g/mol. The molecule has 1 heterocycles. The molecule has 5 nitrogen and oxygen atoms in total. The minimum Gasteiger partial charge on any atom is -0.459 e. The lowest BCUT2D eigenvalue weighted by Crippen LogP contribution is -2.36. The Kier molecular flexibility index (Phi) is 6.73. The highest BCUT2D eigenvalue weighted by Crippen LogP contribution is 2.19.